The molecule has 1 amide bonds. The lowest BCUT2D eigenvalue weighted by Gasteiger charge is -2.36. The minimum Gasteiger partial charge on any atom is -0.399 e. The summed E-state index contributed by atoms with van der Waals surface area (Å²) in [5.74, 6) is 0.0556. The molecule has 6 heteroatoms. The van der Waals surface area contributed by atoms with Gasteiger partial charge in [0.2, 0.25) is 0 Å². The first-order chi connectivity index (χ1) is 10.1. The number of benzene rings is 1. The number of hydrogen-bond donors (Lipinski definition) is 1. The fourth-order valence-corrected chi connectivity index (χ4v) is 2.57. The summed E-state index contributed by atoms with van der Waals surface area (Å²) < 4.78 is 1.65. The molecule has 6 nitrogen and oxygen atoms in total. The first-order valence-corrected chi connectivity index (χ1v) is 7.02. The van der Waals surface area contributed by atoms with E-state index in [4.69, 9.17) is 5.73 Å². The number of hydrogen-bond acceptors (Lipinski definition) is 4. The van der Waals surface area contributed by atoms with Crippen molar-refractivity contribution in [2.45, 2.75) is 0 Å². The lowest BCUT2D eigenvalue weighted by atomic mass is 10.2. The number of piperazine rings is 1. The van der Waals surface area contributed by atoms with Gasteiger partial charge in [-0.3, -0.25) is 9.48 Å². The van der Waals surface area contributed by atoms with Gasteiger partial charge in [0.1, 0.15) is 0 Å². The molecule has 0 aliphatic carbocycles. The molecule has 0 bridgehead atoms. The van der Waals surface area contributed by atoms with Gasteiger partial charge in [-0.1, -0.05) is 0 Å². The highest BCUT2D eigenvalue weighted by molar-refractivity contribution is 5.93. The average molecular weight is 285 g/mol. The molecule has 2 N–H and O–H groups in total. The molecule has 2 aromatic rings. The Morgan fingerprint density at radius 3 is 2.38 bits per heavy atom. The maximum absolute atomic E-state index is 12.3. The van der Waals surface area contributed by atoms with Crippen molar-refractivity contribution in [1.82, 2.24) is 14.7 Å². The maximum Gasteiger partial charge on any atom is 0.257 e. The van der Waals surface area contributed by atoms with Gasteiger partial charge >= 0.3 is 0 Å². The first kappa shape index (κ1) is 13.5. The number of carbonyl (C=O) groups is 1. The van der Waals surface area contributed by atoms with Crippen LogP contribution in [0.1, 0.15) is 10.4 Å². The van der Waals surface area contributed by atoms with Crippen LogP contribution in [-0.4, -0.2) is 46.8 Å². The standard InChI is InChI=1S/C15H19N5O/c1-18-11-12(10-17-18)15(21)20-8-6-19(7-9-20)14-4-2-13(16)3-5-14/h2-5,10-11H,6-9,16H2,1H3. The molecule has 0 spiro atoms. The average Bonchev–Trinajstić information content (AvgIpc) is 2.94. The summed E-state index contributed by atoms with van der Waals surface area (Å²) in [4.78, 5) is 16.5. The lowest BCUT2D eigenvalue weighted by Crippen LogP contribution is -2.48. The molecule has 1 aliphatic rings. The number of rotatable bonds is 2. The minimum absolute atomic E-state index is 0.0556. The number of nitrogens with zero attached hydrogens (tertiary/aromatic N) is 4. The molecule has 1 aliphatic heterocycles. The Labute approximate surface area is 123 Å². The molecule has 0 radical (unpaired) electrons. The van der Waals surface area contributed by atoms with Crippen molar-refractivity contribution in [2.75, 3.05) is 36.8 Å². The van der Waals surface area contributed by atoms with Gasteiger partial charge in [0, 0.05) is 50.8 Å². The van der Waals surface area contributed by atoms with Gasteiger partial charge < -0.3 is 15.5 Å². The molecule has 3 rings (SSSR count). The Morgan fingerprint density at radius 2 is 1.81 bits per heavy atom. The molecular formula is C15H19N5O. The zero-order valence-corrected chi connectivity index (χ0v) is 12.1. The van der Waals surface area contributed by atoms with Crippen LogP contribution in [0.4, 0.5) is 11.4 Å². The smallest absolute Gasteiger partial charge is 0.257 e. The number of amides is 1. The highest BCUT2D eigenvalue weighted by atomic mass is 16.2. The zero-order valence-electron chi connectivity index (χ0n) is 12.1. The van der Waals surface area contributed by atoms with Gasteiger partial charge in [-0.2, -0.15) is 5.10 Å². The molecule has 0 unspecified atom stereocenters. The summed E-state index contributed by atoms with van der Waals surface area (Å²) in [6, 6.07) is 7.85. The molecule has 1 saturated heterocycles. The topological polar surface area (TPSA) is 67.4 Å². The Hall–Kier alpha value is -2.50. The van der Waals surface area contributed by atoms with E-state index < -0.39 is 0 Å². The van der Waals surface area contributed by atoms with E-state index in [-0.39, 0.29) is 5.91 Å². The summed E-state index contributed by atoms with van der Waals surface area (Å²) in [6.07, 6.45) is 3.38. The summed E-state index contributed by atoms with van der Waals surface area (Å²) in [6.45, 7) is 3.10. The van der Waals surface area contributed by atoms with Crippen molar-refractivity contribution in [3.8, 4) is 0 Å². The maximum atomic E-state index is 12.3. The van der Waals surface area contributed by atoms with Crippen LogP contribution in [0.15, 0.2) is 36.7 Å². The molecule has 2 heterocycles. The zero-order chi connectivity index (χ0) is 14.8. The van der Waals surface area contributed by atoms with Crippen LogP contribution in [0.3, 0.4) is 0 Å². The van der Waals surface area contributed by atoms with Crippen LogP contribution in [0, 0.1) is 0 Å². The number of carbonyl (C=O) groups excluding carboxylic acids is 1. The molecule has 1 fully saturated rings. The van der Waals surface area contributed by atoms with Crippen LogP contribution in [0.5, 0.6) is 0 Å². The van der Waals surface area contributed by atoms with Gasteiger partial charge in [0.25, 0.3) is 5.91 Å². The predicted molar refractivity (Wildman–Crippen MR) is 82.2 cm³/mol. The molecule has 1 aromatic heterocycles. The van der Waals surface area contributed by atoms with Gasteiger partial charge in [-0.15, -0.1) is 0 Å². The van der Waals surface area contributed by atoms with Crippen LogP contribution in [0.25, 0.3) is 0 Å². The lowest BCUT2D eigenvalue weighted by molar-refractivity contribution is 0.0746. The van der Waals surface area contributed by atoms with Gasteiger partial charge in [-0.25, -0.2) is 0 Å². The van der Waals surface area contributed by atoms with Crippen molar-refractivity contribution in [3.63, 3.8) is 0 Å². The number of aryl methyl sites for hydroxylation is 1. The van der Waals surface area contributed by atoms with Crippen molar-refractivity contribution in [3.05, 3.63) is 42.2 Å². The Kier molecular flexibility index (Phi) is 3.51. The fourth-order valence-electron chi connectivity index (χ4n) is 2.57. The van der Waals surface area contributed by atoms with E-state index in [0.29, 0.717) is 5.56 Å². The summed E-state index contributed by atoms with van der Waals surface area (Å²) in [7, 11) is 1.82. The highest BCUT2D eigenvalue weighted by Gasteiger charge is 2.22. The third-order valence-electron chi connectivity index (χ3n) is 3.78. The Bertz CT molecular complexity index is 626. The second-order valence-electron chi connectivity index (χ2n) is 5.27. The van der Waals surface area contributed by atoms with Crippen LogP contribution < -0.4 is 10.6 Å². The quantitative estimate of drug-likeness (QED) is 0.835. The normalized spacial score (nSPS) is 15.3. The first-order valence-electron chi connectivity index (χ1n) is 7.02. The number of nitrogens with two attached hydrogens (primary N) is 1. The van der Waals surface area contributed by atoms with Gasteiger partial charge in [-0.05, 0) is 24.3 Å². The summed E-state index contributed by atoms with van der Waals surface area (Å²) in [5.41, 5.74) is 8.27. The minimum atomic E-state index is 0.0556. The Balaban J connectivity index is 1.62. The molecular weight excluding hydrogens is 266 g/mol. The van der Waals surface area contributed by atoms with E-state index in [2.05, 4.69) is 10.00 Å². The fraction of sp³-hybridized carbons (Fsp3) is 0.333. The monoisotopic (exact) mass is 285 g/mol. The van der Waals surface area contributed by atoms with Crippen molar-refractivity contribution in [2.24, 2.45) is 7.05 Å². The van der Waals surface area contributed by atoms with Crippen LogP contribution >= 0.6 is 0 Å². The van der Waals surface area contributed by atoms with Gasteiger partial charge in [0.05, 0.1) is 11.8 Å². The molecule has 21 heavy (non-hydrogen) atoms. The van der Waals surface area contributed by atoms with Crippen molar-refractivity contribution < 1.29 is 4.79 Å². The van der Waals surface area contributed by atoms with E-state index in [0.717, 1.165) is 37.6 Å². The van der Waals surface area contributed by atoms with E-state index in [1.165, 1.54) is 0 Å². The largest absolute Gasteiger partial charge is 0.399 e. The highest BCUT2D eigenvalue weighted by Crippen LogP contribution is 2.18. The SMILES string of the molecule is Cn1cc(C(=O)N2CCN(c3ccc(N)cc3)CC2)cn1. The van der Waals surface area contributed by atoms with Crippen molar-refractivity contribution in [1.29, 1.82) is 0 Å². The van der Waals surface area contributed by atoms with Crippen LogP contribution in [0.2, 0.25) is 0 Å². The predicted octanol–water partition coefficient (Wildman–Crippen LogP) is 0.965. The molecule has 0 atom stereocenters. The van der Waals surface area contributed by atoms with E-state index in [1.54, 1.807) is 17.1 Å². The summed E-state index contributed by atoms with van der Waals surface area (Å²) >= 11 is 0. The van der Waals surface area contributed by atoms with Gasteiger partial charge in [0.15, 0.2) is 0 Å². The Morgan fingerprint density at radius 1 is 1.14 bits per heavy atom. The van der Waals surface area contributed by atoms with Crippen molar-refractivity contribution >= 4 is 17.3 Å². The van der Waals surface area contributed by atoms with E-state index >= 15 is 0 Å². The summed E-state index contributed by atoms with van der Waals surface area (Å²) in [5, 5.41) is 4.05. The molecule has 110 valence electrons. The van der Waals surface area contributed by atoms with E-state index in [1.807, 2.05) is 36.2 Å². The second kappa shape index (κ2) is 5.47. The number of aromatic nitrogens is 2. The number of anilines is 2. The number of nitrogen functional groups attached to an aromatic ring is 1. The third kappa shape index (κ3) is 2.84. The third-order valence-corrected chi connectivity index (χ3v) is 3.78. The molecule has 0 saturated carbocycles. The second-order valence-corrected chi connectivity index (χ2v) is 5.27. The van der Waals surface area contributed by atoms with Crippen LogP contribution in [-0.2, 0) is 7.05 Å². The molecule has 1 aromatic carbocycles. The van der Waals surface area contributed by atoms with E-state index in [9.17, 15) is 4.79 Å².